The van der Waals surface area contributed by atoms with Gasteiger partial charge in [0.05, 0.1) is 7.11 Å². The van der Waals surface area contributed by atoms with Crippen LogP contribution < -0.4 is 15.4 Å². The number of amides is 3. The lowest BCUT2D eigenvalue weighted by molar-refractivity contribution is -0.147. The Balaban J connectivity index is 2.62. The van der Waals surface area contributed by atoms with Gasteiger partial charge in [-0.2, -0.15) is 0 Å². The number of carbonyl (C=O) groups is 3. The van der Waals surface area contributed by atoms with Crippen LogP contribution in [0.2, 0.25) is 0 Å². The smallest absolute Gasteiger partial charge is 0.408 e. The minimum atomic E-state index is -0.971. The van der Waals surface area contributed by atoms with Crippen LogP contribution in [0.4, 0.5) is 10.5 Å². The summed E-state index contributed by atoms with van der Waals surface area (Å²) in [4.78, 5) is 42.7. The van der Waals surface area contributed by atoms with Crippen molar-refractivity contribution in [2.75, 3.05) is 12.4 Å². The van der Waals surface area contributed by atoms with Crippen molar-refractivity contribution in [1.29, 1.82) is 0 Å². The standard InChI is InChI=1S/C31H45N3O5/c1-19(2)25(33-29(37)39-31(8,9)10)28(36)34(30(5,6)7)26(24-14-12-13-20(3)21(24)4)27(35)32-22-15-17-23(38-11)18-16-22/h12-19,25-26H,1-11H3,(H,32,35)(H,33,37). The summed E-state index contributed by atoms with van der Waals surface area (Å²) >= 11 is 0. The third-order valence-electron chi connectivity index (χ3n) is 6.37. The maximum Gasteiger partial charge on any atom is 0.408 e. The highest BCUT2D eigenvalue weighted by atomic mass is 16.6. The van der Waals surface area contributed by atoms with E-state index in [1.165, 1.54) is 0 Å². The van der Waals surface area contributed by atoms with Crippen LogP contribution >= 0.6 is 0 Å². The van der Waals surface area contributed by atoms with Crippen molar-refractivity contribution < 1.29 is 23.9 Å². The fourth-order valence-electron chi connectivity index (χ4n) is 4.30. The van der Waals surface area contributed by atoms with Gasteiger partial charge in [-0.25, -0.2) is 4.79 Å². The lowest BCUT2D eigenvalue weighted by Gasteiger charge is -2.44. The highest BCUT2D eigenvalue weighted by Gasteiger charge is 2.43. The fourth-order valence-corrected chi connectivity index (χ4v) is 4.30. The van der Waals surface area contributed by atoms with Crippen molar-refractivity contribution >= 4 is 23.6 Å². The molecule has 0 aliphatic rings. The molecule has 8 heteroatoms. The summed E-state index contributed by atoms with van der Waals surface area (Å²) in [5.41, 5.74) is 1.70. The van der Waals surface area contributed by atoms with Gasteiger partial charge in [0.25, 0.3) is 5.91 Å². The predicted octanol–water partition coefficient (Wildman–Crippen LogP) is 6.17. The third kappa shape index (κ3) is 8.47. The largest absolute Gasteiger partial charge is 0.497 e. The summed E-state index contributed by atoms with van der Waals surface area (Å²) in [5, 5.41) is 5.75. The Labute approximate surface area is 233 Å². The maximum absolute atomic E-state index is 14.3. The Morgan fingerprint density at radius 2 is 1.49 bits per heavy atom. The number of rotatable bonds is 8. The Morgan fingerprint density at radius 1 is 0.897 bits per heavy atom. The Kier molecular flexibility index (Phi) is 10.2. The number of aryl methyl sites for hydroxylation is 1. The van der Waals surface area contributed by atoms with Crippen LogP contribution in [-0.2, 0) is 14.3 Å². The van der Waals surface area contributed by atoms with Gasteiger partial charge in [0, 0.05) is 11.2 Å². The summed E-state index contributed by atoms with van der Waals surface area (Å²) in [6, 6.07) is 10.9. The van der Waals surface area contributed by atoms with Crippen molar-refractivity contribution in [2.24, 2.45) is 5.92 Å². The van der Waals surface area contributed by atoms with Gasteiger partial charge in [0.1, 0.15) is 23.4 Å². The molecule has 2 atom stereocenters. The van der Waals surface area contributed by atoms with Crippen LogP contribution in [0, 0.1) is 19.8 Å². The van der Waals surface area contributed by atoms with E-state index in [0.29, 0.717) is 17.0 Å². The highest BCUT2D eigenvalue weighted by Crippen LogP contribution is 2.34. The van der Waals surface area contributed by atoms with Crippen LogP contribution in [-0.4, -0.2) is 47.1 Å². The fraction of sp³-hybridized carbons (Fsp3) is 0.516. The third-order valence-corrected chi connectivity index (χ3v) is 6.37. The van der Waals surface area contributed by atoms with Gasteiger partial charge >= 0.3 is 6.09 Å². The zero-order valence-electron chi connectivity index (χ0n) is 25.3. The number of hydrogen-bond donors (Lipinski definition) is 2. The molecule has 0 bridgehead atoms. The van der Waals surface area contributed by atoms with Gasteiger partial charge in [0.15, 0.2) is 0 Å². The molecule has 2 N–H and O–H groups in total. The van der Waals surface area contributed by atoms with Crippen LogP contribution in [0.3, 0.4) is 0 Å². The summed E-state index contributed by atoms with van der Waals surface area (Å²) < 4.78 is 10.7. The molecule has 39 heavy (non-hydrogen) atoms. The second-order valence-electron chi connectivity index (χ2n) is 12.2. The van der Waals surface area contributed by atoms with E-state index in [2.05, 4.69) is 10.6 Å². The van der Waals surface area contributed by atoms with E-state index in [1.807, 2.05) is 66.7 Å². The Bertz CT molecular complexity index is 1160. The van der Waals surface area contributed by atoms with Gasteiger partial charge in [-0.05, 0) is 102 Å². The number of nitrogens with one attached hydrogen (secondary N) is 2. The number of carbonyl (C=O) groups excluding carboxylic acids is 3. The molecular weight excluding hydrogens is 494 g/mol. The Morgan fingerprint density at radius 3 is 1.97 bits per heavy atom. The molecule has 2 aromatic carbocycles. The van der Waals surface area contributed by atoms with Crippen molar-refractivity contribution in [2.45, 2.75) is 92.5 Å². The van der Waals surface area contributed by atoms with Gasteiger partial charge in [-0.15, -0.1) is 0 Å². The van der Waals surface area contributed by atoms with E-state index >= 15 is 0 Å². The summed E-state index contributed by atoms with van der Waals surface area (Å²) in [6.45, 7) is 18.6. The minimum Gasteiger partial charge on any atom is -0.497 e. The molecule has 214 valence electrons. The van der Waals surface area contributed by atoms with E-state index in [9.17, 15) is 14.4 Å². The monoisotopic (exact) mass is 539 g/mol. The summed E-state index contributed by atoms with van der Waals surface area (Å²) in [7, 11) is 1.58. The highest BCUT2D eigenvalue weighted by molar-refractivity contribution is 5.99. The van der Waals surface area contributed by atoms with Crippen molar-refractivity contribution in [1.82, 2.24) is 10.2 Å². The number of methoxy groups -OCH3 is 1. The maximum atomic E-state index is 14.3. The van der Waals surface area contributed by atoms with E-state index < -0.39 is 29.3 Å². The number of anilines is 1. The first-order valence-electron chi connectivity index (χ1n) is 13.3. The van der Waals surface area contributed by atoms with E-state index in [4.69, 9.17) is 9.47 Å². The first-order chi connectivity index (χ1) is 18.0. The van der Waals surface area contributed by atoms with E-state index in [0.717, 1.165) is 11.1 Å². The molecule has 0 aromatic heterocycles. The number of ether oxygens (including phenoxy) is 2. The lowest BCUT2D eigenvalue weighted by atomic mass is 9.90. The van der Waals surface area contributed by atoms with Gasteiger partial charge < -0.3 is 25.0 Å². The van der Waals surface area contributed by atoms with Crippen molar-refractivity contribution in [3.63, 3.8) is 0 Å². The number of hydrogen-bond acceptors (Lipinski definition) is 5. The molecule has 2 unspecified atom stereocenters. The second kappa shape index (κ2) is 12.5. The molecule has 0 radical (unpaired) electrons. The van der Waals surface area contributed by atoms with Crippen LogP contribution in [0.5, 0.6) is 5.75 Å². The van der Waals surface area contributed by atoms with Crippen LogP contribution in [0.15, 0.2) is 42.5 Å². The molecule has 2 rings (SSSR count). The SMILES string of the molecule is COc1ccc(NC(=O)C(c2cccc(C)c2C)N(C(=O)C(NC(=O)OC(C)(C)C)C(C)C)C(C)(C)C)cc1. The number of benzene rings is 2. The molecule has 2 aromatic rings. The zero-order chi connectivity index (χ0) is 29.7. The van der Waals surface area contributed by atoms with Gasteiger partial charge in [-0.3, -0.25) is 9.59 Å². The molecule has 0 saturated carbocycles. The molecule has 0 aliphatic heterocycles. The first-order valence-corrected chi connectivity index (χ1v) is 13.3. The molecular formula is C31H45N3O5. The average Bonchev–Trinajstić information content (AvgIpc) is 2.81. The van der Waals surface area contributed by atoms with Gasteiger partial charge in [-0.1, -0.05) is 32.0 Å². The number of alkyl carbamates (subject to hydrolysis) is 1. The summed E-state index contributed by atoms with van der Waals surface area (Å²) in [6.07, 6.45) is -0.686. The number of nitrogens with zero attached hydrogens (tertiary/aromatic N) is 1. The topological polar surface area (TPSA) is 97.0 Å². The molecule has 0 heterocycles. The predicted molar refractivity (Wildman–Crippen MR) is 155 cm³/mol. The molecule has 0 aliphatic carbocycles. The van der Waals surface area contributed by atoms with E-state index in [-0.39, 0.29) is 17.7 Å². The average molecular weight is 540 g/mol. The van der Waals surface area contributed by atoms with Gasteiger partial charge in [0.2, 0.25) is 5.91 Å². The lowest BCUT2D eigenvalue weighted by Crippen LogP contribution is -2.59. The summed E-state index contributed by atoms with van der Waals surface area (Å²) in [5.74, 6) is -0.339. The molecule has 0 fully saturated rings. The molecule has 0 saturated heterocycles. The zero-order valence-corrected chi connectivity index (χ0v) is 25.3. The van der Waals surface area contributed by atoms with Crippen LogP contribution in [0.25, 0.3) is 0 Å². The van der Waals surface area contributed by atoms with E-state index in [1.54, 1.807) is 57.0 Å². The van der Waals surface area contributed by atoms with Crippen molar-refractivity contribution in [3.05, 3.63) is 59.2 Å². The van der Waals surface area contributed by atoms with Crippen LogP contribution in [0.1, 0.15) is 78.1 Å². The quantitative estimate of drug-likeness (QED) is 0.418. The molecule has 0 spiro atoms. The molecule has 8 nitrogen and oxygen atoms in total. The van der Waals surface area contributed by atoms with Crippen molar-refractivity contribution in [3.8, 4) is 5.75 Å². The normalized spacial score (nSPS) is 13.3. The Hall–Kier alpha value is -3.55. The second-order valence-corrected chi connectivity index (χ2v) is 12.2. The molecule has 3 amide bonds. The minimum absolute atomic E-state index is 0.265. The first kappa shape index (κ1) is 31.7.